The minimum atomic E-state index is 0.0820. The van der Waals surface area contributed by atoms with E-state index in [9.17, 15) is 0 Å². The first kappa shape index (κ1) is 15.6. The van der Waals surface area contributed by atoms with Gasteiger partial charge in [0, 0.05) is 5.56 Å². The van der Waals surface area contributed by atoms with E-state index in [1.54, 1.807) is 0 Å². The van der Waals surface area contributed by atoms with Crippen molar-refractivity contribution >= 4 is 5.84 Å². The summed E-state index contributed by atoms with van der Waals surface area (Å²) in [5.74, 6) is 0.969. The van der Waals surface area contributed by atoms with Crippen LogP contribution in [0.3, 0.4) is 0 Å². The Kier molecular flexibility index (Phi) is 4.10. The molecule has 0 bridgehead atoms. The smallest absolute Gasteiger partial charge is 0.129 e. The fraction of sp³-hybridized carbons (Fsp3) is 0.174. The van der Waals surface area contributed by atoms with Crippen LogP contribution in [0.1, 0.15) is 39.9 Å². The maximum Gasteiger partial charge on any atom is 0.129 e. The highest BCUT2D eigenvalue weighted by Gasteiger charge is 2.31. The lowest BCUT2D eigenvalue weighted by molar-refractivity contribution is 0.572. The Morgan fingerprint density at radius 2 is 1.24 bits per heavy atom. The van der Waals surface area contributed by atoms with E-state index >= 15 is 0 Å². The maximum atomic E-state index is 5.04. The quantitative estimate of drug-likeness (QED) is 0.708. The Labute approximate surface area is 149 Å². The first-order valence-corrected chi connectivity index (χ1v) is 8.73. The van der Waals surface area contributed by atoms with Gasteiger partial charge in [0.15, 0.2) is 0 Å². The van der Waals surface area contributed by atoms with E-state index in [1.165, 1.54) is 22.3 Å². The largest absolute Gasteiger partial charge is 0.361 e. The summed E-state index contributed by atoms with van der Waals surface area (Å²) in [6.45, 7) is 4.24. The van der Waals surface area contributed by atoms with Gasteiger partial charge in [-0.25, -0.2) is 0 Å². The molecular weight excluding hydrogens is 304 g/mol. The second-order valence-corrected chi connectivity index (χ2v) is 6.73. The summed E-state index contributed by atoms with van der Waals surface area (Å²) < 4.78 is 0. The van der Waals surface area contributed by atoms with Crippen LogP contribution in [0.5, 0.6) is 0 Å². The van der Waals surface area contributed by atoms with Gasteiger partial charge in [0.05, 0.1) is 6.04 Å². The van der Waals surface area contributed by atoms with Gasteiger partial charge in [-0.15, -0.1) is 0 Å². The summed E-state index contributed by atoms with van der Waals surface area (Å²) in [6, 6.07) is 28.1. The van der Waals surface area contributed by atoms with Crippen LogP contribution in [-0.4, -0.2) is 5.84 Å². The molecule has 2 atom stereocenters. The molecule has 1 heterocycles. The molecule has 1 aliphatic heterocycles. The lowest BCUT2D eigenvalue weighted by atomic mass is 9.94. The Hall–Kier alpha value is -2.87. The van der Waals surface area contributed by atoms with Crippen molar-refractivity contribution < 1.29 is 0 Å². The molecule has 0 saturated heterocycles. The molecule has 2 heteroatoms. The monoisotopic (exact) mass is 326 g/mol. The molecule has 0 saturated carbocycles. The highest BCUT2D eigenvalue weighted by atomic mass is 15.1. The third-order valence-electron chi connectivity index (χ3n) is 4.78. The van der Waals surface area contributed by atoms with Crippen molar-refractivity contribution in [3.8, 4) is 0 Å². The van der Waals surface area contributed by atoms with Crippen LogP contribution >= 0.6 is 0 Å². The highest BCUT2D eigenvalue weighted by Crippen LogP contribution is 2.37. The van der Waals surface area contributed by atoms with Crippen molar-refractivity contribution in [1.29, 1.82) is 0 Å². The Bertz CT molecular complexity index is 878. The zero-order valence-corrected chi connectivity index (χ0v) is 14.6. The highest BCUT2D eigenvalue weighted by molar-refractivity contribution is 6.00. The molecule has 2 nitrogen and oxygen atoms in total. The lowest BCUT2D eigenvalue weighted by Crippen LogP contribution is -2.25. The zero-order valence-electron chi connectivity index (χ0n) is 14.6. The molecule has 3 aromatic carbocycles. The van der Waals surface area contributed by atoms with Crippen molar-refractivity contribution in [2.75, 3.05) is 0 Å². The second kappa shape index (κ2) is 6.56. The normalized spacial score (nSPS) is 19.4. The van der Waals surface area contributed by atoms with E-state index in [-0.39, 0.29) is 12.1 Å². The predicted molar refractivity (Wildman–Crippen MR) is 104 cm³/mol. The van der Waals surface area contributed by atoms with Gasteiger partial charge in [0.2, 0.25) is 0 Å². The number of amidine groups is 1. The van der Waals surface area contributed by atoms with E-state index in [1.807, 2.05) is 6.07 Å². The average Bonchev–Trinajstić information content (AvgIpc) is 3.09. The van der Waals surface area contributed by atoms with Crippen molar-refractivity contribution in [2.45, 2.75) is 25.9 Å². The van der Waals surface area contributed by atoms with Gasteiger partial charge in [0.25, 0.3) is 0 Å². The van der Waals surface area contributed by atoms with Gasteiger partial charge in [-0.1, -0.05) is 90.0 Å². The third-order valence-corrected chi connectivity index (χ3v) is 4.78. The number of benzene rings is 3. The van der Waals surface area contributed by atoms with Gasteiger partial charge in [-0.3, -0.25) is 4.99 Å². The second-order valence-electron chi connectivity index (χ2n) is 6.73. The number of aryl methyl sites for hydroxylation is 2. The van der Waals surface area contributed by atoms with Gasteiger partial charge in [-0.05, 0) is 25.0 Å². The summed E-state index contributed by atoms with van der Waals surface area (Å²) in [7, 11) is 0. The first-order chi connectivity index (χ1) is 12.2. The molecule has 0 aliphatic carbocycles. The number of nitrogens with zero attached hydrogens (tertiary/aromatic N) is 1. The van der Waals surface area contributed by atoms with Gasteiger partial charge in [0.1, 0.15) is 11.9 Å². The van der Waals surface area contributed by atoms with Crippen LogP contribution in [0, 0.1) is 13.8 Å². The molecule has 0 aromatic heterocycles. The Morgan fingerprint density at radius 1 is 0.680 bits per heavy atom. The van der Waals surface area contributed by atoms with Crippen LogP contribution in [0.4, 0.5) is 0 Å². The minimum Gasteiger partial charge on any atom is -0.361 e. The van der Waals surface area contributed by atoms with Crippen molar-refractivity contribution in [3.63, 3.8) is 0 Å². The predicted octanol–water partition coefficient (Wildman–Crippen LogP) is 5.14. The molecule has 3 aromatic rings. The number of hydrogen-bond acceptors (Lipinski definition) is 2. The fourth-order valence-electron chi connectivity index (χ4n) is 3.30. The number of aliphatic imine (C=N–C) groups is 1. The van der Waals surface area contributed by atoms with Crippen LogP contribution in [0.25, 0.3) is 0 Å². The molecule has 0 radical (unpaired) electrons. The van der Waals surface area contributed by atoms with E-state index in [4.69, 9.17) is 4.99 Å². The van der Waals surface area contributed by atoms with Crippen LogP contribution in [-0.2, 0) is 0 Å². The van der Waals surface area contributed by atoms with Gasteiger partial charge < -0.3 is 5.32 Å². The van der Waals surface area contributed by atoms with E-state index in [2.05, 4.69) is 92.0 Å². The molecule has 0 unspecified atom stereocenters. The standard InChI is InChI=1S/C23H22N2/c1-16-8-12-18(13-9-16)21-22(19-14-10-17(2)11-15-19)25-23(24-21)20-6-4-3-5-7-20/h3-15,21-22H,1-2H3,(H,24,25)/t21-,22+. The Morgan fingerprint density at radius 3 is 1.84 bits per heavy atom. The van der Waals surface area contributed by atoms with E-state index in [0.29, 0.717) is 0 Å². The molecule has 1 aliphatic rings. The van der Waals surface area contributed by atoms with Gasteiger partial charge in [-0.2, -0.15) is 0 Å². The molecule has 0 spiro atoms. The minimum absolute atomic E-state index is 0.0820. The van der Waals surface area contributed by atoms with Crippen molar-refractivity contribution in [2.24, 2.45) is 4.99 Å². The van der Waals surface area contributed by atoms with Crippen LogP contribution in [0.15, 0.2) is 83.9 Å². The first-order valence-electron chi connectivity index (χ1n) is 8.73. The van der Waals surface area contributed by atoms with E-state index < -0.39 is 0 Å². The van der Waals surface area contributed by atoms with Crippen molar-refractivity contribution in [3.05, 3.63) is 107 Å². The summed E-state index contributed by atoms with van der Waals surface area (Å²) in [4.78, 5) is 5.04. The molecule has 0 amide bonds. The molecule has 4 rings (SSSR count). The molecule has 124 valence electrons. The number of rotatable bonds is 3. The number of hydrogen-bond donors (Lipinski definition) is 1. The third kappa shape index (κ3) is 3.20. The summed E-state index contributed by atoms with van der Waals surface area (Å²) in [6.07, 6.45) is 0. The van der Waals surface area contributed by atoms with Crippen LogP contribution in [0.2, 0.25) is 0 Å². The summed E-state index contributed by atoms with van der Waals surface area (Å²) in [5, 5.41) is 3.66. The molecule has 0 fully saturated rings. The van der Waals surface area contributed by atoms with Crippen molar-refractivity contribution in [1.82, 2.24) is 5.32 Å². The average molecular weight is 326 g/mol. The van der Waals surface area contributed by atoms with Crippen LogP contribution < -0.4 is 5.32 Å². The summed E-state index contributed by atoms with van der Waals surface area (Å²) >= 11 is 0. The Balaban J connectivity index is 1.74. The molecular formula is C23H22N2. The SMILES string of the molecule is Cc1ccc([C@H]2NC(c3ccccc3)=N[C@H]2c2ccc(C)cc2)cc1. The molecule has 1 N–H and O–H groups in total. The molecule has 25 heavy (non-hydrogen) atoms. The summed E-state index contributed by atoms with van der Waals surface area (Å²) in [5.41, 5.74) is 6.20. The van der Waals surface area contributed by atoms with E-state index in [0.717, 1.165) is 11.4 Å². The number of nitrogens with one attached hydrogen (secondary N) is 1. The zero-order chi connectivity index (χ0) is 17.2. The maximum absolute atomic E-state index is 5.04. The van der Waals surface area contributed by atoms with Gasteiger partial charge >= 0.3 is 0 Å². The topological polar surface area (TPSA) is 24.4 Å². The fourth-order valence-corrected chi connectivity index (χ4v) is 3.30. The lowest BCUT2D eigenvalue weighted by Gasteiger charge is -2.20.